The number of carbonyl (C=O) groups excluding carboxylic acids is 1. The van der Waals surface area contributed by atoms with Gasteiger partial charge in [0.15, 0.2) is 0 Å². The fraction of sp³-hybridized carbons (Fsp3) is 0.120. The summed E-state index contributed by atoms with van der Waals surface area (Å²) in [6.45, 7) is 6.06. The average Bonchev–Trinajstić information content (AvgIpc) is 2.70. The standard InChI is InChI=1S/C25H20Cl2N2O/c1-14-4-6-17(7-5-14)22-13-20(19-11-15(2)10-16(3)24(19)28-22)25(30)29-23-12-18(26)8-9-21(23)27/h4-13H,1-3H3,(H,29,30). The van der Waals surface area contributed by atoms with Gasteiger partial charge in [0, 0.05) is 16.0 Å². The number of nitrogens with zero attached hydrogens (tertiary/aromatic N) is 1. The van der Waals surface area contributed by atoms with Gasteiger partial charge in [0.25, 0.3) is 5.91 Å². The number of rotatable bonds is 3. The van der Waals surface area contributed by atoms with Crippen LogP contribution in [0.5, 0.6) is 0 Å². The molecule has 1 aromatic heterocycles. The summed E-state index contributed by atoms with van der Waals surface area (Å²) < 4.78 is 0. The number of aryl methyl sites for hydroxylation is 3. The minimum absolute atomic E-state index is 0.259. The molecule has 0 radical (unpaired) electrons. The number of fused-ring (bicyclic) bond motifs is 1. The predicted molar refractivity (Wildman–Crippen MR) is 126 cm³/mol. The third-order valence-electron chi connectivity index (χ3n) is 5.02. The Bertz CT molecular complexity index is 1280. The van der Waals surface area contributed by atoms with Crippen LogP contribution in [-0.4, -0.2) is 10.9 Å². The van der Waals surface area contributed by atoms with E-state index in [1.54, 1.807) is 18.2 Å². The summed E-state index contributed by atoms with van der Waals surface area (Å²) in [4.78, 5) is 18.2. The van der Waals surface area contributed by atoms with Crippen molar-refractivity contribution in [1.29, 1.82) is 0 Å². The van der Waals surface area contributed by atoms with Gasteiger partial charge in [0.1, 0.15) is 0 Å². The SMILES string of the molecule is Cc1ccc(-c2cc(C(=O)Nc3cc(Cl)ccc3Cl)c3cc(C)cc(C)c3n2)cc1. The third-order valence-corrected chi connectivity index (χ3v) is 5.58. The minimum atomic E-state index is -0.259. The van der Waals surface area contributed by atoms with Crippen molar-refractivity contribution in [3.05, 3.63) is 93.0 Å². The quantitative estimate of drug-likeness (QED) is 0.365. The van der Waals surface area contributed by atoms with Crippen LogP contribution in [0.4, 0.5) is 5.69 Å². The highest BCUT2D eigenvalue weighted by atomic mass is 35.5. The number of anilines is 1. The summed E-state index contributed by atoms with van der Waals surface area (Å²) in [7, 11) is 0. The molecule has 0 atom stereocenters. The zero-order valence-electron chi connectivity index (χ0n) is 16.9. The van der Waals surface area contributed by atoms with E-state index in [1.165, 1.54) is 5.56 Å². The topological polar surface area (TPSA) is 42.0 Å². The van der Waals surface area contributed by atoms with E-state index in [0.717, 1.165) is 33.3 Å². The maximum Gasteiger partial charge on any atom is 0.256 e. The van der Waals surface area contributed by atoms with Crippen LogP contribution in [-0.2, 0) is 0 Å². The summed E-state index contributed by atoms with van der Waals surface area (Å²) in [5, 5.41) is 4.64. The molecule has 0 bridgehead atoms. The molecule has 0 fully saturated rings. The van der Waals surface area contributed by atoms with Gasteiger partial charge < -0.3 is 5.32 Å². The Hall–Kier alpha value is -2.88. The highest BCUT2D eigenvalue weighted by Gasteiger charge is 2.17. The van der Waals surface area contributed by atoms with E-state index in [4.69, 9.17) is 28.2 Å². The third kappa shape index (κ3) is 4.04. The summed E-state index contributed by atoms with van der Waals surface area (Å²) in [6.07, 6.45) is 0. The second-order valence-corrected chi connectivity index (χ2v) is 8.32. The Balaban J connectivity index is 1.89. The smallest absolute Gasteiger partial charge is 0.256 e. The summed E-state index contributed by atoms with van der Waals surface area (Å²) >= 11 is 12.3. The molecule has 0 spiro atoms. The first kappa shape index (κ1) is 20.4. The van der Waals surface area contributed by atoms with E-state index in [9.17, 15) is 4.79 Å². The summed E-state index contributed by atoms with van der Waals surface area (Å²) in [5.41, 5.74) is 6.78. The van der Waals surface area contributed by atoms with Crippen molar-refractivity contribution in [2.24, 2.45) is 0 Å². The van der Waals surface area contributed by atoms with E-state index >= 15 is 0 Å². The van der Waals surface area contributed by atoms with Gasteiger partial charge in [-0.25, -0.2) is 4.98 Å². The predicted octanol–water partition coefficient (Wildman–Crippen LogP) is 7.39. The number of aromatic nitrogens is 1. The number of hydrogen-bond donors (Lipinski definition) is 1. The van der Waals surface area contributed by atoms with E-state index in [2.05, 4.69) is 11.4 Å². The van der Waals surface area contributed by atoms with Crippen LogP contribution in [0.15, 0.2) is 60.7 Å². The number of hydrogen-bond acceptors (Lipinski definition) is 2. The van der Waals surface area contributed by atoms with Crippen LogP contribution >= 0.6 is 23.2 Å². The van der Waals surface area contributed by atoms with E-state index in [1.807, 2.05) is 57.2 Å². The number of amides is 1. The number of benzene rings is 3. The molecule has 1 amide bonds. The maximum atomic E-state index is 13.3. The monoisotopic (exact) mass is 434 g/mol. The minimum Gasteiger partial charge on any atom is -0.321 e. The fourth-order valence-electron chi connectivity index (χ4n) is 3.52. The van der Waals surface area contributed by atoms with Crippen LogP contribution in [0.1, 0.15) is 27.0 Å². The van der Waals surface area contributed by atoms with Crippen molar-refractivity contribution >= 4 is 45.7 Å². The molecule has 4 rings (SSSR count). The van der Waals surface area contributed by atoms with Crippen LogP contribution in [0, 0.1) is 20.8 Å². The van der Waals surface area contributed by atoms with Crippen LogP contribution in [0.3, 0.4) is 0 Å². The zero-order chi connectivity index (χ0) is 21.4. The lowest BCUT2D eigenvalue weighted by atomic mass is 9.99. The molecule has 3 nitrogen and oxygen atoms in total. The molecule has 3 aromatic carbocycles. The van der Waals surface area contributed by atoms with Crippen LogP contribution in [0.2, 0.25) is 10.0 Å². The lowest BCUT2D eigenvalue weighted by Crippen LogP contribution is -2.14. The highest BCUT2D eigenvalue weighted by molar-refractivity contribution is 6.36. The van der Waals surface area contributed by atoms with Crippen molar-refractivity contribution in [2.75, 3.05) is 5.32 Å². The van der Waals surface area contributed by atoms with Crippen molar-refractivity contribution in [3.8, 4) is 11.3 Å². The highest BCUT2D eigenvalue weighted by Crippen LogP contribution is 2.30. The van der Waals surface area contributed by atoms with Gasteiger partial charge in [-0.3, -0.25) is 4.79 Å². The summed E-state index contributed by atoms with van der Waals surface area (Å²) in [5.74, 6) is -0.259. The van der Waals surface area contributed by atoms with E-state index < -0.39 is 0 Å². The van der Waals surface area contributed by atoms with Gasteiger partial charge >= 0.3 is 0 Å². The number of nitrogens with one attached hydrogen (secondary N) is 1. The molecule has 0 saturated heterocycles. The zero-order valence-corrected chi connectivity index (χ0v) is 18.4. The van der Waals surface area contributed by atoms with Gasteiger partial charge in [-0.1, -0.05) is 64.7 Å². The molecule has 1 heterocycles. The van der Waals surface area contributed by atoms with Gasteiger partial charge in [-0.15, -0.1) is 0 Å². The van der Waals surface area contributed by atoms with Gasteiger partial charge in [0.2, 0.25) is 0 Å². The van der Waals surface area contributed by atoms with Crippen molar-refractivity contribution in [3.63, 3.8) is 0 Å². The Labute approximate surface area is 185 Å². The Kier molecular flexibility index (Phi) is 5.50. The molecule has 150 valence electrons. The lowest BCUT2D eigenvalue weighted by molar-refractivity contribution is 0.102. The lowest BCUT2D eigenvalue weighted by Gasteiger charge is -2.14. The number of carbonyl (C=O) groups is 1. The Morgan fingerprint density at radius 3 is 2.33 bits per heavy atom. The Morgan fingerprint density at radius 2 is 1.60 bits per heavy atom. The first-order valence-electron chi connectivity index (χ1n) is 9.57. The first-order valence-corrected chi connectivity index (χ1v) is 10.3. The molecule has 0 unspecified atom stereocenters. The van der Waals surface area contributed by atoms with Gasteiger partial charge in [0.05, 0.1) is 27.5 Å². The van der Waals surface area contributed by atoms with Crippen molar-refractivity contribution < 1.29 is 4.79 Å². The molecule has 4 aromatic rings. The summed E-state index contributed by atoms with van der Waals surface area (Å²) in [6, 6.07) is 19.0. The van der Waals surface area contributed by atoms with E-state index in [0.29, 0.717) is 21.3 Å². The van der Waals surface area contributed by atoms with Crippen molar-refractivity contribution in [1.82, 2.24) is 4.98 Å². The normalized spacial score (nSPS) is 11.0. The van der Waals surface area contributed by atoms with Gasteiger partial charge in [-0.2, -0.15) is 0 Å². The molecular weight excluding hydrogens is 415 g/mol. The average molecular weight is 435 g/mol. The fourth-order valence-corrected chi connectivity index (χ4v) is 3.86. The molecule has 0 aliphatic carbocycles. The largest absolute Gasteiger partial charge is 0.321 e. The van der Waals surface area contributed by atoms with E-state index in [-0.39, 0.29) is 5.91 Å². The van der Waals surface area contributed by atoms with Crippen LogP contribution in [0.25, 0.3) is 22.2 Å². The molecule has 0 saturated carbocycles. The van der Waals surface area contributed by atoms with Crippen molar-refractivity contribution in [2.45, 2.75) is 20.8 Å². The van der Waals surface area contributed by atoms with Gasteiger partial charge in [-0.05, 0) is 56.7 Å². The first-order chi connectivity index (χ1) is 14.3. The Morgan fingerprint density at radius 1 is 0.867 bits per heavy atom. The molecular formula is C25H20Cl2N2O. The second-order valence-electron chi connectivity index (χ2n) is 7.48. The molecule has 0 aliphatic heterocycles. The second kappa shape index (κ2) is 8.10. The molecule has 5 heteroatoms. The molecule has 0 aliphatic rings. The number of pyridine rings is 1. The number of halogens is 2. The molecule has 1 N–H and O–H groups in total. The molecule has 30 heavy (non-hydrogen) atoms. The van der Waals surface area contributed by atoms with Crippen LogP contribution < -0.4 is 5.32 Å². The maximum absolute atomic E-state index is 13.3.